The highest BCUT2D eigenvalue weighted by molar-refractivity contribution is 5.94. The normalized spacial score (nSPS) is 14.6. The number of rotatable bonds is 6. The number of piperidine rings is 1. The van der Waals surface area contributed by atoms with Gasteiger partial charge in [0.05, 0.1) is 7.11 Å². The molecule has 0 bridgehead atoms. The van der Waals surface area contributed by atoms with E-state index in [1.807, 2.05) is 23.1 Å². The van der Waals surface area contributed by atoms with E-state index in [1.54, 1.807) is 24.3 Å². The lowest BCUT2D eigenvalue weighted by molar-refractivity contribution is -0.132. The van der Waals surface area contributed by atoms with Gasteiger partial charge in [0.2, 0.25) is 5.91 Å². The number of amides is 2. The minimum Gasteiger partial charge on any atom is -0.494 e. The van der Waals surface area contributed by atoms with Crippen LogP contribution in [0.1, 0.15) is 35.2 Å². The van der Waals surface area contributed by atoms with Crippen molar-refractivity contribution in [3.8, 4) is 5.75 Å². The first-order valence-corrected chi connectivity index (χ1v) is 9.53. The van der Waals surface area contributed by atoms with Gasteiger partial charge < -0.3 is 15.0 Å². The summed E-state index contributed by atoms with van der Waals surface area (Å²) in [6.45, 7) is 1.24. The summed E-state index contributed by atoms with van der Waals surface area (Å²) in [7, 11) is 1.42. The second kappa shape index (κ2) is 9.35. The van der Waals surface area contributed by atoms with Crippen LogP contribution in [0.15, 0.2) is 48.5 Å². The molecule has 2 aromatic rings. The molecule has 5 nitrogen and oxygen atoms in total. The highest BCUT2D eigenvalue weighted by atomic mass is 19.1. The molecule has 0 aliphatic carbocycles. The van der Waals surface area contributed by atoms with E-state index in [-0.39, 0.29) is 23.6 Å². The highest BCUT2D eigenvalue weighted by Gasteiger charge is 2.24. The Bertz CT molecular complexity index is 818. The number of carbonyl (C=O) groups is 2. The molecule has 1 fully saturated rings. The van der Waals surface area contributed by atoms with Gasteiger partial charge in [-0.2, -0.15) is 0 Å². The largest absolute Gasteiger partial charge is 0.494 e. The number of halogens is 1. The van der Waals surface area contributed by atoms with Gasteiger partial charge in [0, 0.05) is 31.1 Å². The summed E-state index contributed by atoms with van der Waals surface area (Å²) in [5.41, 5.74) is 1.42. The van der Waals surface area contributed by atoms with Gasteiger partial charge in [-0.15, -0.1) is 0 Å². The van der Waals surface area contributed by atoms with Crippen LogP contribution in [0.3, 0.4) is 0 Å². The third-order valence-electron chi connectivity index (χ3n) is 5.06. The van der Waals surface area contributed by atoms with Crippen LogP contribution in [0.25, 0.3) is 0 Å². The molecule has 0 saturated carbocycles. The van der Waals surface area contributed by atoms with Crippen molar-refractivity contribution < 1.29 is 18.7 Å². The molecule has 0 radical (unpaired) electrons. The Morgan fingerprint density at radius 3 is 2.50 bits per heavy atom. The van der Waals surface area contributed by atoms with Gasteiger partial charge in [-0.25, -0.2) is 4.39 Å². The predicted molar refractivity (Wildman–Crippen MR) is 105 cm³/mol. The maximum absolute atomic E-state index is 13.7. The average molecular weight is 384 g/mol. The lowest BCUT2D eigenvalue weighted by atomic mass is 10.0. The molecule has 6 heteroatoms. The molecule has 1 aliphatic rings. The van der Waals surface area contributed by atoms with Crippen LogP contribution in [0, 0.1) is 5.82 Å². The predicted octanol–water partition coefficient (Wildman–Crippen LogP) is 3.19. The fourth-order valence-electron chi connectivity index (χ4n) is 3.41. The zero-order valence-electron chi connectivity index (χ0n) is 16.0. The zero-order valence-corrected chi connectivity index (χ0v) is 16.0. The summed E-state index contributed by atoms with van der Waals surface area (Å²) in [5.74, 6) is -0.229. The summed E-state index contributed by atoms with van der Waals surface area (Å²) >= 11 is 0. The van der Waals surface area contributed by atoms with Crippen molar-refractivity contribution in [2.75, 3.05) is 20.2 Å². The van der Waals surface area contributed by atoms with Crippen molar-refractivity contribution in [3.63, 3.8) is 0 Å². The molecule has 2 aromatic carbocycles. The summed E-state index contributed by atoms with van der Waals surface area (Å²) < 4.78 is 18.7. The molecule has 148 valence electrons. The molecular weight excluding hydrogens is 359 g/mol. The number of nitrogens with zero attached hydrogens (tertiary/aromatic N) is 1. The van der Waals surface area contributed by atoms with Crippen LogP contribution in [-0.2, 0) is 11.2 Å². The molecule has 1 saturated heterocycles. The van der Waals surface area contributed by atoms with Crippen molar-refractivity contribution in [2.24, 2.45) is 0 Å². The molecule has 1 heterocycles. The first-order chi connectivity index (χ1) is 13.6. The number of methoxy groups -OCH3 is 1. The summed E-state index contributed by atoms with van der Waals surface area (Å²) in [4.78, 5) is 26.5. The zero-order chi connectivity index (χ0) is 19.9. The van der Waals surface area contributed by atoms with Crippen LogP contribution < -0.4 is 10.1 Å². The molecule has 28 heavy (non-hydrogen) atoms. The number of hydrogen-bond donors (Lipinski definition) is 1. The number of nitrogens with one attached hydrogen (secondary N) is 1. The van der Waals surface area contributed by atoms with E-state index < -0.39 is 5.82 Å². The first kappa shape index (κ1) is 19.9. The second-order valence-corrected chi connectivity index (χ2v) is 6.96. The SMILES string of the molecule is COc1ccc(CCC(=O)N2CCC(NC(=O)c3ccccc3)CC2)cc1F. The van der Waals surface area contributed by atoms with E-state index >= 15 is 0 Å². The number of benzene rings is 2. The molecule has 2 amide bonds. The molecular formula is C22H25FN2O3. The minimum absolute atomic E-state index is 0.0593. The van der Waals surface area contributed by atoms with Gasteiger partial charge in [0.1, 0.15) is 0 Å². The Balaban J connectivity index is 1.43. The number of aryl methyl sites for hydroxylation is 1. The number of hydrogen-bond acceptors (Lipinski definition) is 3. The third-order valence-corrected chi connectivity index (χ3v) is 5.06. The van der Waals surface area contributed by atoms with Crippen LogP contribution in [0.2, 0.25) is 0 Å². The van der Waals surface area contributed by atoms with Crippen molar-refractivity contribution in [1.82, 2.24) is 10.2 Å². The Hall–Kier alpha value is -2.89. The van der Waals surface area contributed by atoms with Crippen molar-refractivity contribution >= 4 is 11.8 Å². The standard InChI is InChI=1S/C22H25FN2O3/c1-28-20-9-7-16(15-19(20)23)8-10-21(26)25-13-11-18(12-14-25)24-22(27)17-5-3-2-4-6-17/h2-7,9,15,18H,8,10-14H2,1H3,(H,24,27). The van der Waals surface area contributed by atoms with Gasteiger partial charge in [0.25, 0.3) is 5.91 Å². The van der Waals surface area contributed by atoms with E-state index in [0.29, 0.717) is 31.5 Å². The Morgan fingerprint density at radius 1 is 1.14 bits per heavy atom. The summed E-state index contributed by atoms with van der Waals surface area (Å²) in [5, 5.41) is 3.04. The lowest BCUT2D eigenvalue weighted by Gasteiger charge is -2.32. The molecule has 3 rings (SSSR count). The maximum Gasteiger partial charge on any atom is 0.251 e. The van der Waals surface area contributed by atoms with Crippen molar-refractivity contribution in [2.45, 2.75) is 31.7 Å². The van der Waals surface area contributed by atoms with Crippen molar-refractivity contribution in [3.05, 3.63) is 65.5 Å². The smallest absolute Gasteiger partial charge is 0.251 e. The monoisotopic (exact) mass is 384 g/mol. The Morgan fingerprint density at radius 2 is 1.86 bits per heavy atom. The third kappa shape index (κ3) is 5.09. The van der Waals surface area contributed by atoms with E-state index in [0.717, 1.165) is 18.4 Å². The van der Waals surface area contributed by atoms with Crippen molar-refractivity contribution in [1.29, 1.82) is 0 Å². The topological polar surface area (TPSA) is 58.6 Å². The van der Waals surface area contributed by atoms with Gasteiger partial charge in [-0.05, 0) is 49.1 Å². The fourth-order valence-corrected chi connectivity index (χ4v) is 3.41. The first-order valence-electron chi connectivity index (χ1n) is 9.53. The second-order valence-electron chi connectivity index (χ2n) is 6.96. The van der Waals surface area contributed by atoms with E-state index in [2.05, 4.69) is 5.32 Å². The van der Waals surface area contributed by atoms with E-state index in [9.17, 15) is 14.0 Å². The van der Waals surface area contributed by atoms with E-state index in [1.165, 1.54) is 13.2 Å². The average Bonchev–Trinajstić information content (AvgIpc) is 2.73. The highest BCUT2D eigenvalue weighted by Crippen LogP contribution is 2.19. The molecule has 1 N–H and O–H groups in total. The molecule has 1 aliphatic heterocycles. The number of carbonyl (C=O) groups excluding carboxylic acids is 2. The van der Waals surface area contributed by atoms with Gasteiger partial charge in [-0.1, -0.05) is 24.3 Å². The van der Waals surface area contributed by atoms with Crippen LogP contribution in [0.5, 0.6) is 5.75 Å². The number of ether oxygens (including phenoxy) is 1. The Kier molecular flexibility index (Phi) is 6.63. The minimum atomic E-state index is -0.414. The van der Waals surface area contributed by atoms with Gasteiger partial charge in [-0.3, -0.25) is 9.59 Å². The maximum atomic E-state index is 13.7. The number of likely N-dealkylation sites (tertiary alicyclic amines) is 1. The summed E-state index contributed by atoms with van der Waals surface area (Å²) in [6.07, 6.45) is 2.31. The Labute approximate surface area is 164 Å². The van der Waals surface area contributed by atoms with E-state index in [4.69, 9.17) is 4.74 Å². The molecule has 0 atom stereocenters. The van der Waals surface area contributed by atoms with Crippen LogP contribution in [-0.4, -0.2) is 43.0 Å². The van der Waals surface area contributed by atoms with Crippen LogP contribution in [0.4, 0.5) is 4.39 Å². The quantitative estimate of drug-likeness (QED) is 0.832. The molecule has 0 spiro atoms. The fraction of sp³-hybridized carbons (Fsp3) is 0.364. The lowest BCUT2D eigenvalue weighted by Crippen LogP contribution is -2.46. The van der Waals surface area contributed by atoms with Gasteiger partial charge >= 0.3 is 0 Å². The van der Waals surface area contributed by atoms with Gasteiger partial charge in [0.15, 0.2) is 11.6 Å². The molecule has 0 unspecified atom stereocenters. The molecule has 0 aromatic heterocycles. The van der Waals surface area contributed by atoms with Crippen LogP contribution >= 0.6 is 0 Å². The summed E-state index contributed by atoms with van der Waals surface area (Å²) in [6, 6.07) is 14.0.